The molecule has 0 amide bonds. The van der Waals surface area contributed by atoms with Crippen LogP contribution in [0.15, 0.2) is 30.3 Å². The van der Waals surface area contributed by atoms with Gasteiger partial charge in [0.1, 0.15) is 0 Å². The Balaban J connectivity index is 1.99. The SMILES string of the molecule is C[C@H]1CN(C(c2ccccc2)c2nnn(C)n2)[C@@H](C)CN1. The third-order valence-electron chi connectivity index (χ3n) is 4.03. The number of aryl methyl sites for hydroxylation is 1. The average molecular weight is 286 g/mol. The Morgan fingerprint density at radius 1 is 1.24 bits per heavy atom. The Hall–Kier alpha value is -1.79. The summed E-state index contributed by atoms with van der Waals surface area (Å²) in [6.07, 6.45) is 0. The van der Waals surface area contributed by atoms with Crippen LogP contribution in [0.3, 0.4) is 0 Å². The minimum Gasteiger partial charge on any atom is -0.311 e. The predicted molar refractivity (Wildman–Crippen MR) is 80.7 cm³/mol. The Bertz CT molecular complexity index is 581. The number of benzene rings is 1. The fourth-order valence-corrected chi connectivity index (χ4v) is 2.94. The zero-order chi connectivity index (χ0) is 14.8. The lowest BCUT2D eigenvalue weighted by Crippen LogP contribution is -2.55. The summed E-state index contributed by atoms with van der Waals surface area (Å²) in [6, 6.07) is 11.4. The Kier molecular flexibility index (Phi) is 3.98. The molecule has 21 heavy (non-hydrogen) atoms. The molecule has 1 aromatic carbocycles. The van der Waals surface area contributed by atoms with E-state index in [1.807, 2.05) is 13.1 Å². The highest BCUT2D eigenvalue weighted by Gasteiger charge is 2.33. The van der Waals surface area contributed by atoms with E-state index in [2.05, 4.69) is 63.7 Å². The molecule has 1 aromatic heterocycles. The molecule has 2 heterocycles. The number of hydrogen-bond donors (Lipinski definition) is 1. The van der Waals surface area contributed by atoms with Gasteiger partial charge in [-0.3, -0.25) is 4.90 Å². The fraction of sp³-hybridized carbons (Fsp3) is 0.533. The molecule has 1 aliphatic heterocycles. The van der Waals surface area contributed by atoms with Crippen LogP contribution >= 0.6 is 0 Å². The molecule has 1 saturated heterocycles. The van der Waals surface area contributed by atoms with Crippen LogP contribution in [0.2, 0.25) is 0 Å². The van der Waals surface area contributed by atoms with Crippen LogP contribution in [0.4, 0.5) is 0 Å². The molecule has 1 N–H and O–H groups in total. The van der Waals surface area contributed by atoms with Crippen molar-refractivity contribution in [2.45, 2.75) is 32.0 Å². The lowest BCUT2D eigenvalue weighted by atomic mass is 10.00. The van der Waals surface area contributed by atoms with Crippen LogP contribution in [0.5, 0.6) is 0 Å². The van der Waals surface area contributed by atoms with Gasteiger partial charge in [-0.05, 0) is 24.6 Å². The lowest BCUT2D eigenvalue weighted by Gasteiger charge is -2.41. The van der Waals surface area contributed by atoms with Gasteiger partial charge < -0.3 is 5.32 Å². The highest BCUT2D eigenvalue weighted by molar-refractivity contribution is 5.25. The van der Waals surface area contributed by atoms with E-state index in [4.69, 9.17) is 0 Å². The number of rotatable bonds is 3. The summed E-state index contributed by atoms with van der Waals surface area (Å²) >= 11 is 0. The van der Waals surface area contributed by atoms with Gasteiger partial charge in [-0.1, -0.05) is 30.3 Å². The van der Waals surface area contributed by atoms with Crippen molar-refractivity contribution >= 4 is 0 Å². The van der Waals surface area contributed by atoms with Crippen LogP contribution < -0.4 is 5.32 Å². The molecule has 0 bridgehead atoms. The van der Waals surface area contributed by atoms with Crippen molar-refractivity contribution in [1.82, 2.24) is 30.4 Å². The highest BCUT2D eigenvalue weighted by Crippen LogP contribution is 2.29. The zero-order valence-corrected chi connectivity index (χ0v) is 12.8. The molecule has 0 spiro atoms. The molecule has 1 fully saturated rings. The van der Waals surface area contributed by atoms with Crippen molar-refractivity contribution in [3.63, 3.8) is 0 Å². The summed E-state index contributed by atoms with van der Waals surface area (Å²) in [5.74, 6) is 0.768. The van der Waals surface area contributed by atoms with E-state index in [1.165, 1.54) is 10.4 Å². The number of piperazine rings is 1. The van der Waals surface area contributed by atoms with Crippen LogP contribution in [0, 0.1) is 0 Å². The van der Waals surface area contributed by atoms with E-state index in [0.717, 1.165) is 18.9 Å². The Morgan fingerprint density at radius 2 is 2.00 bits per heavy atom. The fourth-order valence-electron chi connectivity index (χ4n) is 2.94. The van der Waals surface area contributed by atoms with Gasteiger partial charge in [-0.15, -0.1) is 10.2 Å². The van der Waals surface area contributed by atoms with Crippen LogP contribution in [-0.2, 0) is 7.05 Å². The van der Waals surface area contributed by atoms with Crippen molar-refractivity contribution in [3.05, 3.63) is 41.7 Å². The molecule has 0 saturated carbocycles. The highest BCUT2D eigenvalue weighted by atomic mass is 15.6. The third kappa shape index (κ3) is 2.96. The second-order valence-electron chi connectivity index (χ2n) is 5.81. The predicted octanol–water partition coefficient (Wildman–Crippen LogP) is 0.982. The van der Waals surface area contributed by atoms with Gasteiger partial charge >= 0.3 is 0 Å². The first-order valence-corrected chi connectivity index (χ1v) is 7.43. The molecule has 1 unspecified atom stereocenters. The molecule has 0 aliphatic carbocycles. The first-order chi connectivity index (χ1) is 10.1. The number of hydrogen-bond acceptors (Lipinski definition) is 5. The monoisotopic (exact) mass is 286 g/mol. The standard InChI is InChI=1S/C15H22N6/c1-11-10-21(12(2)9-16-11)14(13-7-5-4-6-8-13)15-17-19-20(3)18-15/h4-8,11-12,14,16H,9-10H2,1-3H3/t11-,12-,14?/m0/s1. The van der Waals surface area contributed by atoms with Gasteiger partial charge in [0.2, 0.25) is 0 Å². The van der Waals surface area contributed by atoms with E-state index in [9.17, 15) is 0 Å². The van der Waals surface area contributed by atoms with Gasteiger partial charge in [0.05, 0.1) is 13.1 Å². The van der Waals surface area contributed by atoms with E-state index in [1.54, 1.807) is 0 Å². The van der Waals surface area contributed by atoms with E-state index in [-0.39, 0.29) is 6.04 Å². The molecule has 3 atom stereocenters. The maximum atomic E-state index is 4.45. The maximum absolute atomic E-state index is 4.45. The Labute approximate surface area is 125 Å². The van der Waals surface area contributed by atoms with E-state index in [0.29, 0.717) is 12.1 Å². The molecule has 2 aromatic rings. The zero-order valence-electron chi connectivity index (χ0n) is 12.8. The van der Waals surface area contributed by atoms with Crippen molar-refractivity contribution in [2.75, 3.05) is 13.1 Å². The lowest BCUT2D eigenvalue weighted by molar-refractivity contribution is 0.109. The van der Waals surface area contributed by atoms with E-state index >= 15 is 0 Å². The van der Waals surface area contributed by atoms with Crippen LogP contribution in [0.1, 0.15) is 31.3 Å². The molecular formula is C15H22N6. The average Bonchev–Trinajstić information content (AvgIpc) is 2.90. The minimum absolute atomic E-state index is 0.0550. The summed E-state index contributed by atoms with van der Waals surface area (Å²) in [6.45, 7) is 6.40. The maximum Gasteiger partial charge on any atom is 0.196 e. The van der Waals surface area contributed by atoms with Crippen molar-refractivity contribution in [2.24, 2.45) is 7.05 Å². The van der Waals surface area contributed by atoms with Gasteiger partial charge in [0, 0.05) is 25.2 Å². The molecule has 112 valence electrons. The number of tetrazole rings is 1. The molecule has 6 nitrogen and oxygen atoms in total. The largest absolute Gasteiger partial charge is 0.311 e. The smallest absolute Gasteiger partial charge is 0.196 e. The van der Waals surface area contributed by atoms with Crippen LogP contribution in [0.25, 0.3) is 0 Å². The minimum atomic E-state index is 0.0550. The number of aromatic nitrogens is 4. The molecule has 0 radical (unpaired) electrons. The van der Waals surface area contributed by atoms with Gasteiger partial charge in [0.15, 0.2) is 5.82 Å². The summed E-state index contributed by atoms with van der Waals surface area (Å²) in [5.41, 5.74) is 1.21. The molecule has 3 rings (SSSR count). The third-order valence-corrected chi connectivity index (χ3v) is 4.03. The summed E-state index contributed by atoms with van der Waals surface area (Å²) < 4.78 is 0. The first-order valence-electron chi connectivity index (χ1n) is 7.43. The van der Waals surface area contributed by atoms with Gasteiger partial charge in [0.25, 0.3) is 0 Å². The molecule has 1 aliphatic rings. The van der Waals surface area contributed by atoms with Crippen molar-refractivity contribution in [3.8, 4) is 0 Å². The molecular weight excluding hydrogens is 264 g/mol. The summed E-state index contributed by atoms with van der Waals surface area (Å²) in [5, 5.41) is 16.3. The Morgan fingerprint density at radius 3 is 2.67 bits per heavy atom. The van der Waals surface area contributed by atoms with Crippen molar-refractivity contribution < 1.29 is 0 Å². The van der Waals surface area contributed by atoms with Gasteiger partial charge in [-0.25, -0.2) is 0 Å². The van der Waals surface area contributed by atoms with Crippen molar-refractivity contribution in [1.29, 1.82) is 0 Å². The number of nitrogens with one attached hydrogen (secondary N) is 1. The number of nitrogens with zero attached hydrogens (tertiary/aromatic N) is 5. The normalized spacial score (nSPS) is 24.9. The summed E-state index contributed by atoms with van der Waals surface area (Å²) in [4.78, 5) is 4.00. The second-order valence-corrected chi connectivity index (χ2v) is 5.81. The van der Waals surface area contributed by atoms with Crippen LogP contribution in [-0.4, -0.2) is 50.3 Å². The first kappa shape index (κ1) is 14.2. The summed E-state index contributed by atoms with van der Waals surface area (Å²) in [7, 11) is 1.81. The second kappa shape index (κ2) is 5.91. The quantitative estimate of drug-likeness (QED) is 0.911. The topological polar surface area (TPSA) is 58.9 Å². The molecule has 6 heteroatoms. The van der Waals surface area contributed by atoms with E-state index < -0.39 is 0 Å². The van der Waals surface area contributed by atoms with Gasteiger partial charge in [-0.2, -0.15) is 4.80 Å².